The predicted molar refractivity (Wildman–Crippen MR) is 215 cm³/mol. The lowest BCUT2D eigenvalue weighted by molar-refractivity contribution is 0.661. The molecule has 0 bridgehead atoms. The fourth-order valence-corrected chi connectivity index (χ4v) is 8.56. The van der Waals surface area contributed by atoms with Crippen LogP contribution in [-0.4, -0.2) is 19.5 Å². The van der Waals surface area contributed by atoms with Gasteiger partial charge in [0.05, 0.1) is 11.0 Å². The highest BCUT2D eigenvalue weighted by atomic mass is 16.3. The Morgan fingerprint density at radius 2 is 1.17 bits per heavy atom. The summed E-state index contributed by atoms with van der Waals surface area (Å²) in [5, 5.41) is 4.53. The van der Waals surface area contributed by atoms with Gasteiger partial charge in [0.1, 0.15) is 11.2 Å². The number of fused-ring (bicyclic) bond motifs is 10. The number of aromatic nitrogens is 4. The van der Waals surface area contributed by atoms with E-state index in [1.165, 1.54) is 33.0 Å². The maximum Gasteiger partial charge on any atom is 0.238 e. The van der Waals surface area contributed by atoms with Crippen molar-refractivity contribution < 1.29 is 4.42 Å². The van der Waals surface area contributed by atoms with E-state index in [-0.39, 0.29) is 5.41 Å². The molecule has 5 heteroatoms. The summed E-state index contributed by atoms with van der Waals surface area (Å²) in [4.78, 5) is 15.6. The second-order valence-corrected chi connectivity index (χ2v) is 14.4. The summed E-state index contributed by atoms with van der Waals surface area (Å²) in [7, 11) is 0. The molecule has 0 unspecified atom stereocenters. The SMILES string of the molecule is CC1(C)c2ccccc2-c2c1ccc1c2c2ccccc2n1-c1nc(-c2ccccc2)nc(-c2ccc3c(c2)oc2c(-c4ccccc4)cccc23)n1. The smallest absolute Gasteiger partial charge is 0.238 e. The molecule has 0 amide bonds. The molecule has 0 spiro atoms. The zero-order valence-electron chi connectivity index (χ0n) is 29.2. The van der Waals surface area contributed by atoms with E-state index in [4.69, 9.17) is 19.4 Å². The lowest BCUT2D eigenvalue weighted by atomic mass is 9.82. The van der Waals surface area contributed by atoms with Gasteiger partial charge in [-0.15, -0.1) is 0 Å². The average Bonchev–Trinajstić information content (AvgIpc) is 3.83. The molecule has 0 fully saturated rings. The van der Waals surface area contributed by atoms with Crippen LogP contribution in [0.25, 0.3) is 94.7 Å². The average molecular weight is 681 g/mol. The third-order valence-corrected chi connectivity index (χ3v) is 11.1. The van der Waals surface area contributed by atoms with E-state index in [0.717, 1.165) is 55.2 Å². The Balaban J connectivity index is 1.16. The molecule has 53 heavy (non-hydrogen) atoms. The summed E-state index contributed by atoms with van der Waals surface area (Å²) in [5.74, 6) is 1.76. The van der Waals surface area contributed by atoms with Gasteiger partial charge in [0.15, 0.2) is 11.6 Å². The molecule has 3 aromatic heterocycles. The summed E-state index contributed by atoms with van der Waals surface area (Å²) in [6.07, 6.45) is 0. The van der Waals surface area contributed by atoms with Crippen molar-refractivity contribution in [2.75, 3.05) is 0 Å². The van der Waals surface area contributed by atoms with Crippen LogP contribution in [-0.2, 0) is 5.41 Å². The summed E-state index contributed by atoms with van der Waals surface area (Å²) in [5.41, 5.74) is 12.9. The van der Waals surface area contributed by atoms with Crippen molar-refractivity contribution >= 4 is 43.7 Å². The number of para-hydroxylation sites is 2. The van der Waals surface area contributed by atoms with Gasteiger partial charge in [-0.3, -0.25) is 4.57 Å². The maximum atomic E-state index is 6.64. The van der Waals surface area contributed by atoms with E-state index < -0.39 is 0 Å². The monoisotopic (exact) mass is 680 g/mol. The minimum Gasteiger partial charge on any atom is -0.455 e. The van der Waals surface area contributed by atoms with Crippen molar-refractivity contribution in [1.82, 2.24) is 19.5 Å². The number of hydrogen-bond donors (Lipinski definition) is 0. The second-order valence-electron chi connectivity index (χ2n) is 14.4. The Morgan fingerprint density at radius 1 is 0.491 bits per heavy atom. The molecule has 3 heterocycles. The molecule has 0 N–H and O–H groups in total. The molecule has 11 rings (SSSR count). The van der Waals surface area contributed by atoms with E-state index in [1.807, 2.05) is 36.4 Å². The van der Waals surface area contributed by atoms with Gasteiger partial charge in [-0.25, -0.2) is 4.98 Å². The lowest BCUT2D eigenvalue weighted by Gasteiger charge is -2.21. The van der Waals surface area contributed by atoms with Gasteiger partial charge in [-0.2, -0.15) is 9.97 Å². The molecular formula is C48H32N4O. The summed E-state index contributed by atoms with van der Waals surface area (Å²) in [6.45, 7) is 4.66. The molecule has 5 nitrogen and oxygen atoms in total. The molecule has 0 atom stereocenters. The molecule has 10 aromatic rings. The number of benzene rings is 7. The highest BCUT2D eigenvalue weighted by Gasteiger charge is 2.37. The van der Waals surface area contributed by atoms with Crippen molar-refractivity contribution in [2.45, 2.75) is 19.3 Å². The molecule has 0 radical (unpaired) electrons. The molecule has 0 saturated carbocycles. The Kier molecular flexibility index (Phi) is 6.23. The largest absolute Gasteiger partial charge is 0.455 e. The van der Waals surface area contributed by atoms with Crippen molar-refractivity contribution in [3.8, 4) is 51.0 Å². The van der Waals surface area contributed by atoms with E-state index in [1.54, 1.807) is 0 Å². The van der Waals surface area contributed by atoms with Crippen LogP contribution in [0.3, 0.4) is 0 Å². The normalized spacial score (nSPS) is 13.2. The molecule has 0 aliphatic heterocycles. The first-order valence-corrected chi connectivity index (χ1v) is 18.0. The number of rotatable bonds is 4. The van der Waals surface area contributed by atoms with Gasteiger partial charge in [0.25, 0.3) is 0 Å². The first kappa shape index (κ1) is 29.8. The van der Waals surface area contributed by atoms with Crippen LogP contribution >= 0.6 is 0 Å². The standard InChI is InChI=1S/C48H32N4O/c1-48(2)37-22-11-9-18-35(37)42-38(48)26-27-40-43(42)36-19-10-12-23-39(36)52(40)47-50-45(30-16-7-4-8-17-30)49-46(51-47)31-24-25-33-34-21-13-20-32(29-14-5-3-6-15-29)44(34)53-41(33)28-31/h3-28H,1-2H3. The zero-order chi connectivity index (χ0) is 35.3. The van der Waals surface area contributed by atoms with Crippen LogP contribution in [0.4, 0.5) is 0 Å². The first-order chi connectivity index (χ1) is 26.0. The van der Waals surface area contributed by atoms with Crippen molar-refractivity contribution in [2.24, 2.45) is 0 Å². The van der Waals surface area contributed by atoms with Gasteiger partial charge in [-0.05, 0) is 52.1 Å². The van der Waals surface area contributed by atoms with Crippen molar-refractivity contribution in [3.63, 3.8) is 0 Å². The fraction of sp³-hybridized carbons (Fsp3) is 0.0625. The summed E-state index contributed by atoms with van der Waals surface area (Å²) in [6, 6.07) is 55.1. The van der Waals surface area contributed by atoms with Gasteiger partial charge >= 0.3 is 0 Å². The Morgan fingerprint density at radius 3 is 2.00 bits per heavy atom. The van der Waals surface area contributed by atoms with Crippen molar-refractivity contribution in [1.29, 1.82) is 0 Å². The van der Waals surface area contributed by atoms with E-state index >= 15 is 0 Å². The van der Waals surface area contributed by atoms with Crippen LogP contribution in [0.2, 0.25) is 0 Å². The van der Waals surface area contributed by atoms with Crippen LogP contribution in [0.5, 0.6) is 0 Å². The maximum absolute atomic E-state index is 6.64. The van der Waals surface area contributed by atoms with Crippen molar-refractivity contribution in [3.05, 3.63) is 169 Å². The van der Waals surface area contributed by atoms with Gasteiger partial charge in [-0.1, -0.05) is 147 Å². The molecule has 1 aliphatic rings. The molecule has 0 saturated heterocycles. The Bertz CT molecular complexity index is 3080. The van der Waals surface area contributed by atoms with Crippen LogP contribution in [0, 0.1) is 0 Å². The number of nitrogens with zero attached hydrogens (tertiary/aromatic N) is 4. The minimum atomic E-state index is -0.110. The summed E-state index contributed by atoms with van der Waals surface area (Å²) >= 11 is 0. The quantitative estimate of drug-likeness (QED) is 0.186. The highest BCUT2D eigenvalue weighted by molar-refractivity contribution is 6.18. The topological polar surface area (TPSA) is 56.7 Å². The summed E-state index contributed by atoms with van der Waals surface area (Å²) < 4.78 is 8.86. The third-order valence-electron chi connectivity index (χ3n) is 11.1. The molecule has 7 aromatic carbocycles. The minimum absolute atomic E-state index is 0.110. The number of furan rings is 1. The van der Waals surface area contributed by atoms with E-state index in [2.05, 4.69) is 140 Å². The molecule has 250 valence electrons. The lowest BCUT2D eigenvalue weighted by Crippen LogP contribution is -2.14. The highest BCUT2D eigenvalue weighted by Crippen LogP contribution is 2.53. The van der Waals surface area contributed by atoms with Gasteiger partial charge in [0, 0.05) is 43.7 Å². The van der Waals surface area contributed by atoms with Crippen LogP contribution in [0.15, 0.2) is 162 Å². The van der Waals surface area contributed by atoms with Gasteiger partial charge in [0.2, 0.25) is 5.95 Å². The first-order valence-electron chi connectivity index (χ1n) is 18.0. The van der Waals surface area contributed by atoms with Crippen LogP contribution < -0.4 is 0 Å². The number of hydrogen-bond acceptors (Lipinski definition) is 4. The van der Waals surface area contributed by atoms with E-state index in [9.17, 15) is 0 Å². The van der Waals surface area contributed by atoms with Crippen LogP contribution in [0.1, 0.15) is 25.0 Å². The predicted octanol–water partition coefficient (Wildman–Crippen LogP) is 12.2. The Labute approximate surface area is 305 Å². The zero-order valence-corrected chi connectivity index (χ0v) is 29.2. The third kappa shape index (κ3) is 4.34. The second kappa shape index (κ2) is 11.1. The fourth-order valence-electron chi connectivity index (χ4n) is 8.56. The molecule has 1 aliphatic carbocycles. The Hall–Kier alpha value is -6.85. The molecular weight excluding hydrogens is 649 g/mol. The van der Waals surface area contributed by atoms with E-state index in [0.29, 0.717) is 17.6 Å². The van der Waals surface area contributed by atoms with Gasteiger partial charge < -0.3 is 4.42 Å².